The number of unbranched alkanes of at least 4 members (excludes halogenated alkanes) is 22. The summed E-state index contributed by atoms with van der Waals surface area (Å²) >= 11 is 0. The second kappa shape index (κ2) is 68.5. The van der Waals surface area contributed by atoms with Crippen LogP contribution in [0.4, 0.5) is 0 Å². The molecule has 0 aromatic heterocycles. The molecule has 0 heterocycles. The molecule has 0 saturated heterocycles. The molecule has 0 aromatic rings. The van der Waals surface area contributed by atoms with Crippen molar-refractivity contribution in [3.8, 4) is 0 Å². The zero-order valence-corrected chi connectivity index (χ0v) is 52.9. The molecule has 82 heavy (non-hydrogen) atoms. The predicted octanol–water partition coefficient (Wildman–Crippen LogP) is 23.3. The van der Waals surface area contributed by atoms with Crippen LogP contribution in [-0.4, -0.2) is 37.2 Å². The van der Waals surface area contributed by atoms with Crippen molar-refractivity contribution in [2.24, 2.45) is 0 Å². The molecule has 0 radical (unpaired) electrons. The van der Waals surface area contributed by atoms with Gasteiger partial charge in [0.1, 0.15) is 13.2 Å². The Bertz CT molecular complexity index is 1830. The van der Waals surface area contributed by atoms with Gasteiger partial charge in [-0.15, -0.1) is 0 Å². The summed E-state index contributed by atoms with van der Waals surface area (Å²) in [5.41, 5.74) is 0. The predicted molar refractivity (Wildman–Crippen MR) is 357 cm³/mol. The average Bonchev–Trinajstić information content (AvgIpc) is 3.48. The number of esters is 3. The topological polar surface area (TPSA) is 78.9 Å². The standard InChI is InChI=1S/C76H122O6/c1-4-7-10-13-16-19-22-24-26-28-30-32-33-34-35-36-37-38-39-40-41-42-43-45-46-48-50-52-54-57-60-63-66-69-75(78)81-72-73(71-80-74(77)68-65-62-59-56-21-18-15-12-9-6-3)82-76(79)70-67-64-61-58-55-53-51-49-47-44-31-29-27-25-23-20-17-14-11-8-5-2/h7,10,16,19,23-26,29-32,34-35,37-38,40-41,43,45,47-50,54,57,73H,4-6,8-9,11-15,17-18,20-22,27-28,33,36,39,42,44,46,51-53,55-56,58-72H2,1-3H3/b10-7-,19-16-,25-23-,26-24-,31-29-,32-30-,35-34-,38-37-,41-40-,45-43-,49-47-,50-48-,57-54-. The van der Waals surface area contributed by atoms with Crippen LogP contribution in [0.2, 0.25) is 0 Å². The molecular weight excluding hydrogens is 1010 g/mol. The van der Waals surface area contributed by atoms with Gasteiger partial charge in [0.05, 0.1) is 0 Å². The van der Waals surface area contributed by atoms with E-state index in [0.29, 0.717) is 25.7 Å². The number of hydrogen-bond donors (Lipinski definition) is 0. The highest BCUT2D eigenvalue weighted by atomic mass is 16.6. The second-order valence-corrected chi connectivity index (χ2v) is 21.6. The highest BCUT2D eigenvalue weighted by Gasteiger charge is 2.19. The van der Waals surface area contributed by atoms with Crippen LogP contribution < -0.4 is 0 Å². The number of carbonyl (C=O) groups is 3. The van der Waals surface area contributed by atoms with Gasteiger partial charge in [0.15, 0.2) is 6.10 Å². The lowest BCUT2D eigenvalue weighted by Crippen LogP contribution is -2.30. The zero-order valence-electron chi connectivity index (χ0n) is 52.9. The van der Waals surface area contributed by atoms with Crippen molar-refractivity contribution in [1.82, 2.24) is 0 Å². The maximum absolute atomic E-state index is 12.9. The second-order valence-electron chi connectivity index (χ2n) is 21.6. The largest absolute Gasteiger partial charge is 0.462 e. The first kappa shape index (κ1) is 77.0. The van der Waals surface area contributed by atoms with Gasteiger partial charge in [0, 0.05) is 19.3 Å². The minimum absolute atomic E-state index is 0.101. The van der Waals surface area contributed by atoms with Crippen molar-refractivity contribution in [1.29, 1.82) is 0 Å². The minimum atomic E-state index is -0.809. The van der Waals surface area contributed by atoms with Gasteiger partial charge in [-0.05, 0) is 135 Å². The third-order valence-corrected chi connectivity index (χ3v) is 13.8. The lowest BCUT2D eigenvalue weighted by Gasteiger charge is -2.18. The van der Waals surface area contributed by atoms with Crippen LogP contribution in [0, 0.1) is 0 Å². The van der Waals surface area contributed by atoms with Gasteiger partial charge in [0.25, 0.3) is 0 Å². The molecule has 1 atom stereocenters. The Labute approximate surface area is 505 Å². The molecule has 0 rings (SSSR count). The summed E-state index contributed by atoms with van der Waals surface area (Å²) in [6.07, 6.45) is 99.7. The van der Waals surface area contributed by atoms with Gasteiger partial charge in [-0.1, -0.05) is 288 Å². The summed E-state index contributed by atoms with van der Waals surface area (Å²) in [6.45, 7) is 6.46. The molecule has 0 aromatic carbocycles. The van der Waals surface area contributed by atoms with Gasteiger partial charge in [0.2, 0.25) is 0 Å². The fourth-order valence-electron chi connectivity index (χ4n) is 8.77. The first-order chi connectivity index (χ1) is 40.5. The van der Waals surface area contributed by atoms with Crippen LogP contribution in [-0.2, 0) is 28.6 Å². The molecule has 1 unspecified atom stereocenters. The lowest BCUT2D eigenvalue weighted by atomic mass is 10.1. The third kappa shape index (κ3) is 65.8. The third-order valence-electron chi connectivity index (χ3n) is 13.8. The molecule has 0 amide bonds. The molecule has 0 aliphatic carbocycles. The van der Waals surface area contributed by atoms with E-state index < -0.39 is 6.10 Å². The quantitative estimate of drug-likeness (QED) is 0.0261. The monoisotopic (exact) mass is 1130 g/mol. The number of ether oxygens (including phenoxy) is 3. The smallest absolute Gasteiger partial charge is 0.306 e. The van der Waals surface area contributed by atoms with Crippen molar-refractivity contribution in [2.75, 3.05) is 13.2 Å². The van der Waals surface area contributed by atoms with E-state index in [1.54, 1.807) is 0 Å². The van der Waals surface area contributed by atoms with Crippen molar-refractivity contribution >= 4 is 17.9 Å². The molecular formula is C76H122O6. The van der Waals surface area contributed by atoms with E-state index >= 15 is 0 Å². The average molecular weight is 1130 g/mol. The number of carbonyl (C=O) groups excluding carboxylic acids is 3. The van der Waals surface area contributed by atoms with E-state index in [1.807, 2.05) is 0 Å². The van der Waals surface area contributed by atoms with Gasteiger partial charge in [-0.2, -0.15) is 0 Å². The summed E-state index contributed by atoms with van der Waals surface area (Å²) in [4.78, 5) is 38.2. The highest BCUT2D eigenvalue weighted by Crippen LogP contribution is 2.14. The first-order valence-corrected chi connectivity index (χ1v) is 33.5. The van der Waals surface area contributed by atoms with Crippen LogP contribution in [0.1, 0.15) is 284 Å². The maximum atomic E-state index is 12.9. The van der Waals surface area contributed by atoms with Gasteiger partial charge < -0.3 is 14.2 Å². The number of allylic oxidation sites excluding steroid dienone is 26. The Balaban J connectivity index is 4.37. The Morgan fingerprint density at radius 3 is 0.768 bits per heavy atom. The molecule has 6 heteroatoms. The summed E-state index contributed by atoms with van der Waals surface area (Å²) in [7, 11) is 0. The molecule has 6 nitrogen and oxygen atoms in total. The molecule has 0 spiro atoms. The highest BCUT2D eigenvalue weighted by molar-refractivity contribution is 5.71. The molecule has 0 N–H and O–H groups in total. The Morgan fingerprint density at radius 1 is 0.256 bits per heavy atom. The molecule has 0 aliphatic heterocycles. The van der Waals surface area contributed by atoms with Crippen LogP contribution in [0.25, 0.3) is 0 Å². The SMILES string of the molecule is CC/C=C\C/C=C\C/C=C\C/C=C\C/C=C\C/C=C\C/C=C\C/C=C\C/C=C\C/C=C\CCCCC(=O)OCC(COC(=O)CCCCCCCCCCCC)OC(=O)CCCCCCCC/C=C\C/C=C\C/C=C\CCCCCCC. The molecule has 0 fully saturated rings. The van der Waals surface area contributed by atoms with E-state index in [9.17, 15) is 14.4 Å². The molecule has 0 bridgehead atoms. The van der Waals surface area contributed by atoms with Crippen LogP contribution in [0.5, 0.6) is 0 Å². The maximum Gasteiger partial charge on any atom is 0.306 e. The normalized spacial score (nSPS) is 13.2. The Morgan fingerprint density at radius 2 is 0.476 bits per heavy atom. The fraction of sp³-hybridized carbons (Fsp3) is 0.618. The van der Waals surface area contributed by atoms with Crippen molar-refractivity contribution in [3.63, 3.8) is 0 Å². The van der Waals surface area contributed by atoms with E-state index in [4.69, 9.17) is 14.2 Å². The summed E-state index contributed by atoms with van der Waals surface area (Å²) in [5, 5.41) is 0. The fourth-order valence-corrected chi connectivity index (χ4v) is 8.77. The van der Waals surface area contributed by atoms with Gasteiger partial charge in [-0.25, -0.2) is 0 Å². The van der Waals surface area contributed by atoms with E-state index in [2.05, 4.69) is 179 Å². The zero-order chi connectivity index (χ0) is 59.2. The lowest BCUT2D eigenvalue weighted by molar-refractivity contribution is -0.167. The van der Waals surface area contributed by atoms with Gasteiger partial charge in [-0.3, -0.25) is 14.4 Å². The number of rotatable bonds is 59. The summed E-state index contributed by atoms with van der Waals surface area (Å²) in [5.74, 6) is -0.962. The molecule has 0 aliphatic rings. The van der Waals surface area contributed by atoms with E-state index in [-0.39, 0.29) is 31.1 Å². The van der Waals surface area contributed by atoms with Crippen molar-refractivity contribution in [2.45, 2.75) is 290 Å². The minimum Gasteiger partial charge on any atom is -0.462 e. The summed E-state index contributed by atoms with van der Waals surface area (Å²) in [6, 6.07) is 0. The number of hydrogen-bond acceptors (Lipinski definition) is 6. The van der Waals surface area contributed by atoms with Crippen LogP contribution in [0.15, 0.2) is 158 Å². The molecule has 462 valence electrons. The van der Waals surface area contributed by atoms with Gasteiger partial charge >= 0.3 is 17.9 Å². The van der Waals surface area contributed by atoms with Crippen LogP contribution >= 0.6 is 0 Å². The molecule has 0 saturated carbocycles. The first-order valence-electron chi connectivity index (χ1n) is 33.5. The van der Waals surface area contributed by atoms with Crippen molar-refractivity contribution in [3.05, 3.63) is 158 Å². The van der Waals surface area contributed by atoms with Crippen LogP contribution in [0.3, 0.4) is 0 Å². The Hall–Kier alpha value is -4.97. The van der Waals surface area contributed by atoms with E-state index in [1.165, 1.54) is 96.3 Å². The van der Waals surface area contributed by atoms with E-state index in [0.717, 1.165) is 141 Å². The summed E-state index contributed by atoms with van der Waals surface area (Å²) < 4.78 is 16.8. The Kier molecular flexibility index (Phi) is 64.4. The van der Waals surface area contributed by atoms with Crippen molar-refractivity contribution < 1.29 is 28.6 Å².